The molecule has 2 heterocycles. The predicted molar refractivity (Wildman–Crippen MR) is 83.0 cm³/mol. The van der Waals surface area contributed by atoms with Crippen LogP contribution in [0.5, 0.6) is 0 Å². The Morgan fingerprint density at radius 1 is 1.24 bits per heavy atom. The number of para-hydroxylation sites is 1. The van der Waals surface area contributed by atoms with E-state index in [1.807, 2.05) is 35.2 Å². The van der Waals surface area contributed by atoms with E-state index in [2.05, 4.69) is 4.98 Å². The van der Waals surface area contributed by atoms with Gasteiger partial charge in [-0.2, -0.15) is 0 Å². The van der Waals surface area contributed by atoms with Crippen molar-refractivity contribution in [2.45, 2.75) is 25.3 Å². The number of carbonyl (C=O) groups is 1. The van der Waals surface area contributed by atoms with Crippen LogP contribution < -0.4 is 5.73 Å². The molecule has 2 fully saturated rings. The topological polar surface area (TPSA) is 62.1 Å². The number of likely N-dealkylation sites (tertiary alicyclic amines) is 1. The van der Waals surface area contributed by atoms with Crippen LogP contribution in [0.2, 0.25) is 0 Å². The summed E-state index contributed by atoms with van der Waals surface area (Å²) in [7, 11) is 0. The molecule has 0 bridgehead atoms. The van der Waals surface area contributed by atoms with Crippen molar-refractivity contribution in [3.63, 3.8) is 0 Å². The molecule has 1 aliphatic heterocycles. The molecule has 4 rings (SSSR count). The second kappa shape index (κ2) is 4.88. The zero-order valence-corrected chi connectivity index (χ0v) is 12.1. The number of fused-ring (bicyclic) bond motifs is 2. The summed E-state index contributed by atoms with van der Waals surface area (Å²) in [5.41, 5.74) is 7.96. The SMILES string of the molecule is NC1CCCC2CN(C(=O)c3cc4ccccc4[nH]3)CC12. The largest absolute Gasteiger partial charge is 0.351 e. The van der Waals surface area contributed by atoms with E-state index in [4.69, 9.17) is 5.73 Å². The highest BCUT2D eigenvalue weighted by atomic mass is 16.2. The van der Waals surface area contributed by atoms with Crippen LogP contribution in [-0.2, 0) is 0 Å². The maximum atomic E-state index is 12.7. The first-order valence-corrected chi connectivity index (χ1v) is 7.85. The number of hydrogen-bond donors (Lipinski definition) is 2. The highest BCUT2D eigenvalue weighted by molar-refractivity contribution is 5.98. The fraction of sp³-hybridized carbons (Fsp3) is 0.471. The Hall–Kier alpha value is -1.81. The summed E-state index contributed by atoms with van der Waals surface area (Å²) in [6, 6.07) is 10.2. The number of nitrogens with two attached hydrogens (primary N) is 1. The molecule has 0 radical (unpaired) electrons. The average molecular weight is 283 g/mol. The second-order valence-corrected chi connectivity index (χ2v) is 6.50. The molecule has 4 heteroatoms. The lowest BCUT2D eigenvalue weighted by atomic mass is 9.78. The molecule has 110 valence electrons. The fourth-order valence-electron chi connectivity index (χ4n) is 4.04. The molecule has 1 aliphatic carbocycles. The van der Waals surface area contributed by atoms with Crippen molar-refractivity contribution in [2.75, 3.05) is 13.1 Å². The number of amides is 1. The molecule has 2 aromatic rings. The van der Waals surface area contributed by atoms with Crippen LogP contribution in [0, 0.1) is 11.8 Å². The van der Waals surface area contributed by atoms with Gasteiger partial charge in [0.05, 0.1) is 0 Å². The number of aromatic amines is 1. The Kier molecular flexibility index (Phi) is 3.00. The highest BCUT2D eigenvalue weighted by Crippen LogP contribution is 2.36. The lowest BCUT2D eigenvalue weighted by Gasteiger charge is -2.29. The van der Waals surface area contributed by atoms with Gasteiger partial charge in [0.2, 0.25) is 0 Å². The van der Waals surface area contributed by atoms with Crippen LogP contribution in [0.3, 0.4) is 0 Å². The van der Waals surface area contributed by atoms with Gasteiger partial charge in [0.25, 0.3) is 5.91 Å². The summed E-state index contributed by atoms with van der Waals surface area (Å²) in [4.78, 5) is 18.0. The Morgan fingerprint density at radius 2 is 2.10 bits per heavy atom. The van der Waals surface area contributed by atoms with E-state index in [-0.39, 0.29) is 11.9 Å². The zero-order chi connectivity index (χ0) is 14.4. The summed E-state index contributed by atoms with van der Waals surface area (Å²) >= 11 is 0. The molecule has 0 spiro atoms. The van der Waals surface area contributed by atoms with Gasteiger partial charge in [-0.15, -0.1) is 0 Å². The first kappa shape index (κ1) is 12.9. The quantitative estimate of drug-likeness (QED) is 0.844. The maximum Gasteiger partial charge on any atom is 0.270 e. The molecular formula is C17H21N3O. The van der Waals surface area contributed by atoms with Gasteiger partial charge in [0.1, 0.15) is 5.69 Å². The number of rotatable bonds is 1. The van der Waals surface area contributed by atoms with Crippen molar-refractivity contribution in [1.29, 1.82) is 0 Å². The first-order valence-electron chi connectivity index (χ1n) is 7.85. The van der Waals surface area contributed by atoms with Crippen LogP contribution in [0.15, 0.2) is 30.3 Å². The van der Waals surface area contributed by atoms with Crippen molar-refractivity contribution in [2.24, 2.45) is 17.6 Å². The van der Waals surface area contributed by atoms with Crippen LogP contribution in [0.4, 0.5) is 0 Å². The Bertz CT molecular complexity index is 644. The third-order valence-electron chi connectivity index (χ3n) is 5.20. The van der Waals surface area contributed by atoms with Crippen molar-refractivity contribution in [3.05, 3.63) is 36.0 Å². The van der Waals surface area contributed by atoms with Crippen molar-refractivity contribution < 1.29 is 4.79 Å². The molecule has 21 heavy (non-hydrogen) atoms. The predicted octanol–water partition coefficient (Wildman–Crippen LogP) is 2.37. The first-order chi connectivity index (χ1) is 10.2. The van der Waals surface area contributed by atoms with Gasteiger partial charge in [-0.25, -0.2) is 0 Å². The molecule has 1 amide bonds. The molecule has 1 aromatic carbocycles. The molecule has 4 nitrogen and oxygen atoms in total. The van der Waals surface area contributed by atoms with Gasteiger partial charge in [-0.3, -0.25) is 4.79 Å². The fourth-order valence-corrected chi connectivity index (χ4v) is 4.04. The minimum Gasteiger partial charge on any atom is -0.351 e. The minimum absolute atomic E-state index is 0.118. The van der Waals surface area contributed by atoms with Gasteiger partial charge in [-0.05, 0) is 36.8 Å². The molecule has 3 N–H and O–H groups in total. The number of nitrogens with zero attached hydrogens (tertiary/aromatic N) is 1. The smallest absolute Gasteiger partial charge is 0.270 e. The van der Waals surface area contributed by atoms with Gasteiger partial charge < -0.3 is 15.6 Å². The molecule has 3 unspecified atom stereocenters. The normalized spacial score (nSPS) is 28.8. The molecular weight excluding hydrogens is 262 g/mol. The summed E-state index contributed by atoms with van der Waals surface area (Å²) < 4.78 is 0. The lowest BCUT2D eigenvalue weighted by Crippen LogP contribution is -2.38. The van der Waals surface area contributed by atoms with E-state index in [1.165, 1.54) is 12.8 Å². The van der Waals surface area contributed by atoms with Crippen LogP contribution >= 0.6 is 0 Å². The monoisotopic (exact) mass is 283 g/mol. The maximum absolute atomic E-state index is 12.7. The Morgan fingerprint density at radius 3 is 2.90 bits per heavy atom. The molecule has 1 saturated carbocycles. The second-order valence-electron chi connectivity index (χ2n) is 6.50. The molecule has 3 atom stereocenters. The molecule has 1 aromatic heterocycles. The number of H-pyrrole nitrogens is 1. The Balaban J connectivity index is 1.57. The number of benzene rings is 1. The third-order valence-corrected chi connectivity index (χ3v) is 5.20. The molecule has 1 saturated heterocycles. The van der Waals surface area contributed by atoms with Gasteiger partial charge in [0, 0.05) is 30.0 Å². The summed E-state index contributed by atoms with van der Waals surface area (Å²) in [5, 5.41) is 1.09. The van der Waals surface area contributed by atoms with Crippen molar-refractivity contribution in [1.82, 2.24) is 9.88 Å². The van der Waals surface area contributed by atoms with Gasteiger partial charge in [0.15, 0.2) is 0 Å². The van der Waals surface area contributed by atoms with E-state index in [9.17, 15) is 4.79 Å². The van der Waals surface area contributed by atoms with E-state index in [0.717, 1.165) is 30.4 Å². The summed E-state index contributed by atoms with van der Waals surface area (Å²) in [5.74, 6) is 1.21. The number of hydrogen-bond acceptors (Lipinski definition) is 2. The van der Waals surface area contributed by atoms with Crippen molar-refractivity contribution in [3.8, 4) is 0 Å². The highest BCUT2D eigenvalue weighted by Gasteiger charge is 2.40. The minimum atomic E-state index is 0.118. The van der Waals surface area contributed by atoms with E-state index in [1.54, 1.807) is 0 Å². The van der Waals surface area contributed by atoms with Crippen LogP contribution in [0.25, 0.3) is 10.9 Å². The van der Waals surface area contributed by atoms with E-state index < -0.39 is 0 Å². The number of carbonyl (C=O) groups excluding carboxylic acids is 1. The summed E-state index contributed by atoms with van der Waals surface area (Å²) in [6.07, 6.45) is 3.53. The number of aromatic nitrogens is 1. The number of nitrogens with one attached hydrogen (secondary N) is 1. The molecule has 2 aliphatic rings. The lowest BCUT2D eigenvalue weighted by molar-refractivity contribution is 0.0778. The van der Waals surface area contributed by atoms with E-state index >= 15 is 0 Å². The van der Waals surface area contributed by atoms with Gasteiger partial charge in [-0.1, -0.05) is 24.6 Å². The van der Waals surface area contributed by atoms with E-state index in [0.29, 0.717) is 17.5 Å². The van der Waals surface area contributed by atoms with Gasteiger partial charge >= 0.3 is 0 Å². The Labute approximate surface area is 124 Å². The standard InChI is InChI=1S/C17H21N3O/c18-14-6-3-5-12-9-20(10-13(12)14)17(21)16-8-11-4-1-2-7-15(11)19-16/h1-2,4,7-8,12-14,19H,3,5-6,9-10,18H2. The van der Waals surface area contributed by atoms with Crippen molar-refractivity contribution >= 4 is 16.8 Å². The average Bonchev–Trinajstić information content (AvgIpc) is 3.11. The van der Waals surface area contributed by atoms with Crippen LogP contribution in [0.1, 0.15) is 29.8 Å². The summed E-state index contributed by atoms with van der Waals surface area (Å²) in [6.45, 7) is 1.69. The van der Waals surface area contributed by atoms with Crippen LogP contribution in [-0.4, -0.2) is 34.9 Å². The zero-order valence-electron chi connectivity index (χ0n) is 12.1. The third kappa shape index (κ3) is 2.14.